The zero-order chi connectivity index (χ0) is 12.1. The first-order valence-electron chi connectivity index (χ1n) is 4.67. The van der Waals surface area contributed by atoms with Crippen LogP contribution in [0.15, 0.2) is 18.2 Å². The SMILES string of the molecule is CN(CCC#N)c1ccc(C(=O)O)cc1F. The lowest BCUT2D eigenvalue weighted by Crippen LogP contribution is -2.19. The van der Waals surface area contributed by atoms with Crippen LogP contribution < -0.4 is 4.90 Å². The summed E-state index contributed by atoms with van der Waals surface area (Å²) in [6.07, 6.45) is 0.288. The quantitative estimate of drug-likeness (QED) is 0.844. The predicted molar refractivity (Wildman–Crippen MR) is 56.9 cm³/mol. The standard InChI is InChI=1S/C11H11FN2O2/c1-14(6-2-5-13)10-4-3-8(11(15)16)7-9(10)12/h3-4,7H,2,6H2,1H3,(H,15,16). The van der Waals surface area contributed by atoms with Gasteiger partial charge in [0.25, 0.3) is 0 Å². The largest absolute Gasteiger partial charge is 0.478 e. The van der Waals surface area contributed by atoms with Crippen molar-refractivity contribution in [1.29, 1.82) is 5.26 Å². The number of nitriles is 1. The summed E-state index contributed by atoms with van der Waals surface area (Å²) < 4.78 is 13.5. The molecule has 0 aliphatic carbocycles. The van der Waals surface area contributed by atoms with Gasteiger partial charge in [0.2, 0.25) is 0 Å². The van der Waals surface area contributed by atoms with Gasteiger partial charge in [-0.15, -0.1) is 0 Å². The summed E-state index contributed by atoms with van der Waals surface area (Å²) in [5.41, 5.74) is 0.204. The van der Waals surface area contributed by atoms with Gasteiger partial charge in [-0.3, -0.25) is 0 Å². The van der Waals surface area contributed by atoms with Crippen LogP contribution in [-0.2, 0) is 0 Å². The van der Waals surface area contributed by atoms with Gasteiger partial charge >= 0.3 is 5.97 Å². The van der Waals surface area contributed by atoms with Crippen LogP contribution in [0.3, 0.4) is 0 Å². The van der Waals surface area contributed by atoms with E-state index in [1.807, 2.05) is 6.07 Å². The summed E-state index contributed by atoms with van der Waals surface area (Å²) in [6, 6.07) is 5.67. The second-order valence-electron chi connectivity index (χ2n) is 3.30. The van der Waals surface area contributed by atoms with E-state index in [2.05, 4.69) is 0 Å². The minimum Gasteiger partial charge on any atom is -0.478 e. The van der Waals surface area contributed by atoms with Crippen LogP contribution in [-0.4, -0.2) is 24.7 Å². The molecular formula is C11H11FN2O2. The van der Waals surface area contributed by atoms with Crippen molar-refractivity contribution < 1.29 is 14.3 Å². The Morgan fingerprint density at radius 2 is 2.31 bits per heavy atom. The van der Waals surface area contributed by atoms with Gasteiger partial charge in [-0.25, -0.2) is 9.18 Å². The van der Waals surface area contributed by atoms with Crippen molar-refractivity contribution in [2.45, 2.75) is 6.42 Å². The minimum absolute atomic E-state index is 0.0880. The highest BCUT2D eigenvalue weighted by Gasteiger charge is 2.10. The molecule has 0 saturated heterocycles. The molecule has 0 aliphatic rings. The lowest BCUT2D eigenvalue weighted by atomic mass is 10.2. The maximum Gasteiger partial charge on any atom is 0.335 e. The average Bonchev–Trinajstić information content (AvgIpc) is 2.25. The number of nitrogens with zero attached hydrogens (tertiary/aromatic N) is 2. The molecular weight excluding hydrogens is 211 g/mol. The number of anilines is 1. The number of rotatable bonds is 4. The fraction of sp³-hybridized carbons (Fsp3) is 0.273. The summed E-state index contributed by atoms with van der Waals surface area (Å²) in [5.74, 6) is -1.76. The molecule has 5 heteroatoms. The first-order valence-corrected chi connectivity index (χ1v) is 4.67. The Morgan fingerprint density at radius 3 is 2.81 bits per heavy atom. The first-order chi connectivity index (χ1) is 7.56. The first kappa shape index (κ1) is 12.0. The van der Waals surface area contributed by atoms with E-state index in [4.69, 9.17) is 10.4 Å². The molecule has 16 heavy (non-hydrogen) atoms. The summed E-state index contributed by atoms with van der Waals surface area (Å²) in [7, 11) is 1.65. The Hall–Kier alpha value is -2.09. The summed E-state index contributed by atoms with van der Waals surface area (Å²) in [5, 5.41) is 17.1. The Kier molecular flexibility index (Phi) is 3.84. The molecule has 0 heterocycles. The second-order valence-corrected chi connectivity index (χ2v) is 3.30. The van der Waals surface area contributed by atoms with Crippen molar-refractivity contribution in [2.24, 2.45) is 0 Å². The third-order valence-electron chi connectivity index (χ3n) is 2.16. The molecule has 0 aromatic heterocycles. The van der Waals surface area contributed by atoms with E-state index in [-0.39, 0.29) is 12.0 Å². The molecule has 0 atom stereocenters. The fourth-order valence-corrected chi connectivity index (χ4v) is 1.29. The molecule has 0 unspecified atom stereocenters. The van der Waals surface area contributed by atoms with Gasteiger partial charge in [0, 0.05) is 13.6 Å². The predicted octanol–water partition coefficient (Wildman–Crippen LogP) is 1.87. The molecule has 84 valence electrons. The van der Waals surface area contributed by atoms with E-state index in [1.165, 1.54) is 12.1 Å². The number of halogens is 1. The maximum atomic E-state index is 13.5. The van der Waals surface area contributed by atoms with Gasteiger partial charge in [-0.2, -0.15) is 5.26 Å². The zero-order valence-electron chi connectivity index (χ0n) is 8.77. The molecule has 0 saturated carbocycles. The van der Waals surface area contributed by atoms with Crippen molar-refractivity contribution in [3.05, 3.63) is 29.6 Å². The molecule has 4 nitrogen and oxygen atoms in total. The van der Waals surface area contributed by atoms with Crippen LogP contribution in [0.5, 0.6) is 0 Å². The van der Waals surface area contributed by atoms with Crippen molar-refractivity contribution in [3.63, 3.8) is 0 Å². The van der Waals surface area contributed by atoms with Gasteiger partial charge in [0.1, 0.15) is 5.82 Å². The van der Waals surface area contributed by atoms with Gasteiger partial charge in [0.05, 0.1) is 23.7 Å². The number of hydrogen-bond donors (Lipinski definition) is 1. The third kappa shape index (κ3) is 2.70. The van der Waals surface area contributed by atoms with Gasteiger partial charge in [-0.05, 0) is 18.2 Å². The fourth-order valence-electron chi connectivity index (χ4n) is 1.29. The van der Waals surface area contributed by atoms with Crippen molar-refractivity contribution in [2.75, 3.05) is 18.5 Å². The molecule has 1 N–H and O–H groups in total. The van der Waals surface area contributed by atoms with Crippen LogP contribution in [0.2, 0.25) is 0 Å². The summed E-state index contributed by atoms with van der Waals surface area (Å²) in [4.78, 5) is 12.2. The molecule has 0 fully saturated rings. The van der Waals surface area contributed by atoms with Gasteiger partial charge < -0.3 is 10.0 Å². The molecule has 1 aromatic rings. The number of aromatic carboxylic acids is 1. The highest BCUT2D eigenvalue weighted by atomic mass is 19.1. The van der Waals surface area contributed by atoms with E-state index >= 15 is 0 Å². The number of hydrogen-bond acceptors (Lipinski definition) is 3. The maximum absolute atomic E-state index is 13.5. The Balaban J connectivity index is 2.91. The summed E-state index contributed by atoms with van der Waals surface area (Å²) in [6.45, 7) is 0.403. The minimum atomic E-state index is -1.16. The van der Waals surface area contributed by atoms with Crippen LogP contribution in [0.25, 0.3) is 0 Å². The second kappa shape index (κ2) is 5.12. The lowest BCUT2D eigenvalue weighted by Gasteiger charge is -2.18. The van der Waals surface area contributed by atoms with E-state index in [1.54, 1.807) is 11.9 Å². The lowest BCUT2D eigenvalue weighted by molar-refractivity contribution is 0.0696. The van der Waals surface area contributed by atoms with Crippen molar-refractivity contribution >= 4 is 11.7 Å². The zero-order valence-corrected chi connectivity index (χ0v) is 8.77. The number of benzene rings is 1. The third-order valence-corrected chi connectivity index (χ3v) is 2.16. The topological polar surface area (TPSA) is 64.3 Å². The van der Waals surface area contributed by atoms with E-state index < -0.39 is 11.8 Å². The van der Waals surface area contributed by atoms with Crippen LogP contribution in [0, 0.1) is 17.1 Å². The Labute approximate surface area is 92.5 Å². The normalized spacial score (nSPS) is 9.56. The van der Waals surface area contributed by atoms with Crippen LogP contribution in [0.4, 0.5) is 10.1 Å². The monoisotopic (exact) mass is 222 g/mol. The molecule has 0 spiro atoms. The molecule has 0 radical (unpaired) electrons. The van der Waals surface area contributed by atoms with E-state index in [0.717, 1.165) is 6.07 Å². The summed E-state index contributed by atoms with van der Waals surface area (Å²) >= 11 is 0. The molecule has 1 rings (SSSR count). The number of carbonyl (C=O) groups is 1. The Morgan fingerprint density at radius 1 is 1.62 bits per heavy atom. The molecule has 1 aromatic carbocycles. The van der Waals surface area contributed by atoms with E-state index in [0.29, 0.717) is 12.2 Å². The van der Waals surface area contributed by atoms with Crippen LogP contribution in [0.1, 0.15) is 16.8 Å². The van der Waals surface area contributed by atoms with Crippen molar-refractivity contribution in [1.82, 2.24) is 0 Å². The van der Waals surface area contributed by atoms with Crippen LogP contribution >= 0.6 is 0 Å². The Bertz CT molecular complexity index is 440. The van der Waals surface area contributed by atoms with E-state index in [9.17, 15) is 9.18 Å². The molecule has 0 bridgehead atoms. The highest BCUT2D eigenvalue weighted by molar-refractivity contribution is 5.88. The highest BCUT2D eigenvalue weighted by Crippen LogP contribution is 2.19. The van der Waals surface area contributed by atoms with Gasteiger partial charge in [-0.1, -0.05) is 0 Å². The molecule has 0 aliphatic heterocycles. The van der Waals surface area contributed by atoms with Gasteiger partial charge in [0.15, 0.2) is 0 Å². The molecule has 0 amide bonds. The smallest absolute Gasteiger partial charge is 0.335 e. The number of carboxylic acids is 1. The average molecular weight is 222 g/mol. The van der Waals surface area contributed by atoms with Crippen molar-refractivity contribution in [3.8, 4) is 6.07 Å². The number of carboxylic acid groups (broad SMARTS) is 1.